The first-order chi connectivity index (χ1) is 10.2. The van der Waals surface area contributed by atoms with Crippen LogP contribution in [-0.4, -0.2) is 13.3 Å². The lowest BCUT2D eigenvalue weighted by Gasteiger charge is -2.12. The Hall–Kier alpha value is -2.35. The summed E-state index contributed by atoms with van der Waals surface area (Å²) in [4.78, 5) is 4.90. The zero-order valence-corrected chi connectivity index (χ0v) is 12.7. The number of hydrogen-bond donors (Lipinski definition) is 0. The molecule has 106 valence electrons. The third kappa shape index (κ3) is 2.38. The van der Waals surface area contributed by atoms with E-state index < -0.39 is 0 Å². The molecule has 0 fully saturated rings. The number of rotatable bonds is 3. The summed E-state index contributed by atoms with van der Waals surface area (Å²) in [5, 5.41) is 6.43. The Morgan fingerprint density at radius 2 is 1.90 bits per heavy atom. The second kappa shape index (κ2) is 5.57. The van der Waals surface area contributed by atoms with Crippen LogP contribution in [0.3, 0.4) is 0 Å². The predicted octanol–water partition coefficient (Wildman–Crippen LogP) is 4.94. The molecule has 2 nitrogen and oxygen atoms in total. The summed E-state index contributed by atoms with van der Waals surface area (Å²) in [6.45, 7) is 4.37. The summed E-state index contributed by atoms with van der Waals surface area (Å²) in [7, 11) is 1.58. The Balaban J connectivity index is 2.26. The maximum atomic E-state index is 4.90. The van der Waals surface area contributed by atoms with Crippen LogP contribution in [-0.2, 0) is 4.84 Å². The lowest BCUT2D eigenvalue weighted by molar-refractivity contribution is 0.215. The number of hydrogen-bond acceptors (Lipinski definition) is 2. The summed E-state index contributed by atoms with van der Waals surface area (Å²) in [5.74, 6) is 0. The summed E-state index contributed by atoms with van der Waals surface area (Å²) < 4.78 is 0. The molecule has 0 heterocycles. The molecular weight excluding hydrogens is 258 g/mol. The quantitative estimate of drug-likeness (QED) is 0.575. The van der Waals surface area contributed by atoms with Crippen LogP contribution in [0, 0.1) is 0 Å². The molecule has 0 aliphatic heterocycles. The fourth-order valence-corrected chi connectivity index (χ4v) is 2.91. The van der Waals surface area contributed by atoms with Crippen molar-refractivity contribution in [2.24, 2.45) is 5.16 Å². The van der Waals surface area contributed by atoms with E-state index in [4.69, 9.17) is 4.84 Å². The first-order valence-electron chi connectivity index (χ1n) is 7.18. The Morgan fingerprint density at radius 3 is 2.62 bits per heavy atom. The second-order valence-electron chi connectivity index (χ2n) is 5.36. The Kier molecular flexibility index (Phi) is 3.61. The van der Waals surface area contributed by atoms with Crippen LogP contribution in [0.2, 0.25) is 0 Å². The number of allylic oxidation sites excluding steroid dienone is 4. The first kappa shape index (κ1) is 13.6. The molecule has 0 bridgehead atoms. The fraction of sp³-hybridized carbons (Fsp3) is 0.211. The van der Waals surface area contributed by atoms with Crippen LogP contribution in [0.1, 0.15) is 31.4 Å². The van der Waals surface area contributed by atoms with Gasteiger partial charge in [-0.25, -0.2) is 0 Å². The van der Waals surface area contributed by atoms with E-state index >= 15 is 0 Å². The normalized spacial score (nSPS) is 15.1. The van der Waals surface area contributed by atoms with Crippen molar-refractivity contribution in [2.75, 3.05) is 7.11 Å². The zero-order chi connectivity index (χ0) is 14.8. The van der Waals surface area contributed by atoms with Crippen LogP contribution in [0.4, 0.5) is 0 Å². The third-order valence-electron chi connectivity index (χ3n) is 4.24. The molecule has 3 rings (SSSR count). The molecule has 0 unspecified atom stereocenters. The van der Waals surface area contributed by atoms with E-state index in [0.717, 1.165) is 12.0 Å². The van der Waals surface area contributed by atoms with Gasteiger partial charge in [0.05, 0.1) is 6.21 Å². The highest BCUT2D eigenvalue weighted by Gasteiger charge is 2.16. The van der Waals surface area contributed by atoms with Crippen LogP contribution < -0.4 is 0 Å². The zero-order valence-electron chi connectivity index (χ0n) is 12.7. The minimum Gasteiger partial charge on any atom is -0.399 e. The molecule has 1 aliphatic rings. The van der Waals surface area contributed by atoms with Crippen LogP contribution in [0.25, 0.3) is 16.3 Å². The molecule has 0 saturated carbocycles. The summed E-state index contributed by atoms with van der Waals surface area (Å²) in [5.41, 5.74) is 6.51. The van der Waals surface area contributed by atoms with E-state index in [9.17, 15) is 0 Å². The molecule has 21 heavy (non-hydrogen) atoms. The Bertz CT molecular complexity index is 781. The smallest absolute Gasteiger partial charge is 0.106 e. The minimum atomic E-state index is 0.990. The first-order valence-corrected chi connectivity index (χ1v) is 7.18. The van der Waals surface area contributed by atoms with E-state index in [1.807, 2.05) is 6.21 Å². The van der Waals surface area contributed by atoms with E-state index in [0.29, 0.717) is 0 Å². The molecule has 0 saturated heterocycles. The van der Waals surface area contributed by atoms with E-state index in [2.05, 4.69) is 61.5 Å². The van der Waals surface area contributed by atoms with Crippen LogP contribution in [0.15, 0.2) is 58.8 Å². The van der Waals surface area contributed by atoms with E-state index in [-0.39, 0.29) is 0 Å². The van der Waals surface area contributed by atoms with Gasteiger partial charge in [0.1, 0.15) is 7.11 Å². The molecule has 1 aliphatic carbocycles. The van der Waals surface area contributed by atoms with Gasteiger partial charge >= 0.3 is 0 Å². The molecule has 0 aromatic heterocycles. The molecule has 0 amide bonds. The van der Waals surface area contributed by atoms with Gasteiger partial charge in [-0.2, -0.15) is 0 Å². The average Bonchev–Trinajstić information content (AvgIpc) is 2.84. The molecule has 0 N–H and O–H groups in total. The van der Waals surface area contributed by atoms with Gasteiger partial charge in [-0.3, -0.25) is 0 Å². The van der Waals surface area contributed by atoms with Gasteiger partial charge in [0.25, 0.3) is 0 Å². The third-order valence-corrected chi connectivity index (χ3v) is 4.24. The fourth-order valence-electron chi connectivity index (χ4n) is 2.91. The monoisotopic (exact) mass is 277 g/mol. The van der Waals surface area contributed by atoms with E-state index in [1.54, 1.807) is 7.11 Å². The Morgan fingerprint density at radius 1 is 1.10 bits per heavy atom. The Labute approximate surface area is 125 Å². The second-order valence-corrected chi connectivity index (χ2v) is 5.36. The molecular formula is C19H19NO. The molecule has 0 radical (unpaired) electrons. The molecule has 0 atom stereocenters. The number of oxime groups is 1. The van der Waals surface area contributed by atoms with Gasteiger partial charge in [-0.15, -0.1) is 0 Å². The van der Waals surface area contributed by atoms with Crippen LogP contribution in [0.5, 0.6) is 0 Å². The van der Waals surface area contributed by atoms with Crippen LogP contribution >= 0.6 is 0 Å². The van der Waals surface area contributed by atoms with Crippen molar-refractivity contribution in [1.82, 2.24) is 0 Å². The summed E-state index contributed by atoms with van der Waals surface area (Å²) in [6.07, 6.45) is 5.10. The summed E-state index contributed by atoms with van der Waals surface area (Å²) in [6, 6.07) is 12.8. The summed E-state index contributed by atoms with van der Waals surface area (Å²) >= 11 is 0. The lowest BCUT2D eigenvalue weighted by Crippen LogP contribution is -1.95. The minimum absolute atomic E-state index is 0.990. The largest absolute Gasteiger partial charge is 0.399 e. The SMILES string of the molecule is CON=Cc1c(C2=C(C)C(C)=CC2)ccc2ccccc12. The molecule has 2 aromatic rings. The number of fused-ring (bicyclic) bond motifs is 1. The van der Waals surface area contributed by atoms with Gasteiger partial charge in [0.15, 0.2) is 0 Å². The van der Waals surface area contributed by atoms with E-state index in [1.165, 1.54) is 33.1 Å². The van der Waals surface area contributed by atoms with Crippen molar-refractivity contribution in [3.63, 3.8) is 0 Å². The van der Waals surface area contributed by atoms with Crippen molar-refractivity contribution >= 4 is 22.6 Å². The maximum Gasteiger partial charge on any atom is 0.106 e. The number of nitrogens with zero attached hydrogens (tertiary/aromatic N) is 1. The standard InChI is InChI=1S/C19H19NO/c1-13-8-10-16(14(13)2)18-11-9-15-6-4-5-7-17(15)19(18)12-20-21-3/h4-9,11-12H,10H2,1-3H3. The van der Waals surface area contributed by atoms with Crippen molar-refractivity contribution in [2.45, 2.75) is 20.3 Å². The maximum absolute atomic E-state index is 4.90. The van der Waals surface area contributed by atoms with Gasteiger partial charge < -0.3 is 4.84 Å². The van der Waals surface area contributed by atoms with Crippen molar-refractivity contribution in [3.8, 4) is 0 Å². The highest BCUT2D eigenvalue weighted by Crippen LogP contribution is 2.36. The van der Waals surface area contributed by atoms with Gasteiger partial charge in [0, 0.05) is 5.56 Å². The van der Waals surface area contributed by atoms with Gasteiger partial charge in [-0.05, 0) is 47.8 Å². The molecule has 0 spiro atoms. The average molecular weight is 277 g/mol. The number of benzene rings is 2. The lowest BCUT2D eigenvalue weighted by atomic mass is 9.92. The predicted molar refractivity (Wildman–Crippen MR) is 89.5 cm³/mol. The molecule has 2 aromatic carbocycles. The van der Waals surface area contributed by atoms with Gasteiger partial charge in [0.2, 0.25) is 0 Å². The van der Waals surface area contributed by atoms with Crippen molar-refractivity contribution < 1.29 is 4.84 Å². The highest BCUT2D eigenvalue weighted by molar-refractivity contribution is 6.05. The van der Waals surface area contributed by atoms with Crippen molar-refractivity contribution in [3.05, 3.63) is 64.7 Å². The van der Waals surface area contributed by atoms with Gasteiger partial charge in [-0.1, -0.05) is 53.2 Å². The van der Waals surface area contributed by atoms with Crippen molar-refractivity contribution in [1.29, 1.82) is 0 Å². The highest BCUT2D eigenvalue weighted by atomic mass is 16.6. The topological polar surface area (TPSA) is 21.6 Å². The molecule has 2 heteroatoms.